The average molecular weight is 426 g/mol. The highest BCUT2D eigenvalue weighted by Gasteiger charge is 2.21. The van der Waals surface area contributed by atoms with Gasteiger partial charge in [0.2, 0.25) is 5.95 Å². The maximum atomic E-state index is 13.7. The molecule has 0 atom stereocenters. The van der Waals surface area contributed by atoms with Crippen molar-refractivity contribution < 1.29 is 25.6 Å². The summed E-state index contributed by atoms with van der Waals surface area (Å²) in [5.74, 6) is -2.17. The molecule has 0 saturated carbocycles. The van der Waals surface area contributed by atoms with E-state index in [1.54, 1.807) is 0 Å². The number of rotatable bonds is 6. The molecule has 1 aromatic heterocycles. The zero-order valence-electron chi connectivity index (χ0n) is 13.9. The molecule has 0 unspecified atom stereocenters. The second-order valence-corrected chi connectivity index (χ2v) is 8.72. The molecule has 0 aliphatic heterocycles. The molecular formula is C16H12F2N4O4S2. The number of hydrogen-bond donors (Lipinski definition) is 2. The van der Waals surface area contributed by atoms with Gasteiger partial charge in [0.05, 0.1) is 4.90 Å². The van der Waals surface area contributed by atoms with Gasteiger partial charge in [0.25, 0.3) is 20.0 Å². The summed E-state index contributed by atoms with van der Waals surface area (Å²) in [5, 5.41) is 0. The maximum absolute atomic E-state index is 13.7. The molecule has 28 heavy (non-hydrogen) atoms. The van der Waals surface area contributed by atoms with Gasteiger partial charge in [0.1, 0.15) is 16.5 Å². The van der Waals surface area contributed by atoms with Crippen molar-refractivity contribution in [2.45, 2.75) is 9.79 Å². The van der Waals surface area contributed by atoms with Crippen molar-refractivity contribution in [3.8, 4) is 0 Å². The van der Waals surface area contributed by atoms with Crippen LogP contribution in [0.15, 0.2) is 70.7 Å². The Kier molecular flexibility index (Phi) is 5.25. The first-order valence-electron chi connectivity index (χ1n) is 7.55. The van der Waals surface area contributed by atoms with Gasteiger partial charge in [0.15, 0.2) is 0 Å². The third-order valence-corrected chi connectivity index (χ3v) is 6.13. The first-order chi connectivity index (χ1) is 13.2. The Morgan fingerprint density at radius 2 is 1.43 bits per heavy atom. The van der Waals surface area contributed by atoms with Crippen LogP contribution in [-0.2, 0) is 20.0 Å². The molecule has 12 heteroatoms. The Hall–Kier alpha value is -3.12. The van der Waals surface area contributed by atoms with Gasteiger partial charge in [-0.15, -0.1) is 0 Å². The number of aromatic nitrogens is 2. The van der Waals surface area contributed by atoms with E-state index in [0.717, 1.165) is 30.3 Å². The van der Waals surface area contributed by atoms with E-state index < -0.39 is 36.6 Å². The Labute approximate surface area is 159 Å². The molecule has 3 aromatic rings. The predicted molar refractivity (Wildman–Crippen MR) is 96.4 cm³/mol. The van der Waals surface area contributed by atoms with Gasteiger partial charge in [0, 0.05) is 18.1 Å². The summed E-state index contributed by atoms with van der Waals surface area (Å²) in [6.45, 7) is 0. The maximum Gasteiger partial charge on any atom is 0.264 e. The van der Waals surface area contributed by atoms with E-state index >= 15 is 0 Å². The lowest BCUT2D eigenvalue weighted by Crippen LogP contribution is -2.16. The van der Waals surface area contributed by atoms with Gasteiger partial charge in [-0.05, 0) is 48.5 Å². The fraction of sp³-hybridized carbons (Fsp3) is 0. The minimum Gasteiger partial charge on any atom is -0.280 e. The van der Waals surface area contributed by atoms with Crippen molar-refractivity contribution in [2.24, 2.45) is 0 Å². The molecule has 0 amide bonds. The number of benzene rings is 2. The van der Waals surface area contributed by atoms with Crippen molar-refractivity contribution in [3.05, 3.63) is 72.6 Å². The second-order valence-electron chi connectivity index (χ2n) is 5.38. The van der Waals surface area contributed by atoms with Crippen LogP contribution in [0.3, 0.4) is 0 Å². The van der Waals surface area contributed by atoms with Crippen LogP contribution < -0.4 is 9.44 Å². The summed E-state index contributed by atoms with van der Waals surface area (Å²) in [6, 6.07) is 8.12. The van der Waals surface area contributed by atoms with Crippen molar-refractivity contribution in [1.29, 1.82) is 0 Å². The molecule has 2 N–H and O–H groups in total. The Balaban J connectivity index is 1.82. The van der Waals surface area contributed by atoms with Gasteiger partial charge in [-0.25, -0.2) is 40.3 Å². The fourth-order valence-electron chi connectivity index (χ4n) is 2.13. The molecule has 8 nitrogen and oxygen atoms in total. The van der Waals surface area contributed by atoms with Crippen LogP contribution >= 0.6 is 0 Å². The smallest absolute Gasteiger partial charge is 0.264 e. The number of halogens is 2. The number of nitrogens with zero attached hydrogens (tertiary/aromatic N) is 2. The first-order valence-corrected chi connectivity index (χ1v) is 10.5. The Morgan fingerprint density at radius 1 is 0.786 bits per heavy atom. The van der Waals surface area contributed by atoms with Gasteiger partial charge < -0.3 is 0 Å². The molecule has 146 valence electrons. The lowest BCUT2D eigenvalue weighted by Gasteiger charge is -2.10. The van der Waals surface area contributed by atoms with Crippen molar-refractivity contribution in [3.63, 3.8) is 0 Å². The summed E-state index contributed by atoms with van der Waals surface area (Å²) in [5.41, 5.74) is -0.0430. The van der Waals surface area contributed by atoms with Crippen molar-refractivity contribution in [2.75, 3.05) is 9.44 Å². The number of sulfonamides is 2. The lowest BCUT2D eigenvalue weighted by atomic mass is 10.3. The van der Waals surface area contributed by atoms with Gasteiger partial charge in [-0.1, -0.05) is 0 Å². The highest BCUT2D eigenvalue weighted by molar-refractivity contribution is 7.93. The van der Waals surface area contributed by atoms with Gasteiger partial charge in [-0.3, -0.25) is 4.72 Å². The van der Waals surface area contributed by atoms with E-state index in [1.807, 2.05) is 0 Å². The van der Waals surface area contributed by atoms with Crippen LogP contribution in [0, 0.1) is 11.6 Å². The standard InChI is InChI=1S/C16H12F2N4O4S2/c17-11-2-7-14(18)15(10-11)28(25,26)21-12-3-5-13(6-4-12)27(23,24)22-16-19-8-1-9-20-16/h1-10,21H,(H,19,20,22). The van der Waals surface area contributed by atoms with Crippen LogP contribution in [0.1, 0.15) is 0 Å². The highest BCUT2D eigenvalue weighted by atomic mass is 32.2. The third-order valence-electron chi connectivity index (χ3n) is 3.39. The normalized spacial score (nSPS) is 11.8. The molecule has 0 spiro atoms. The number of hydrogen-bond acceptors (Lipinski definition) is 6. The minimum absolute atomic E-state index is 0.0430. The summed E-state index contributed by atoms with van der Waals surface area (Å²) >= 11 is 0. The third kappa shape index (κ3) is 4.40. The number of nitrogens with one attached hydrogen (secondary N) is 2. The summed E-state index contributed by atoms with van der Waals surface area (Å²) in [7, 11) is -8.41. The van der Waals surface area contributed by atoms with Crippen LogP contribution in [0.2, 0.25) is 0 Å². The van der Waals surface area contributed by atoms with Crippen LogP contribution in [0.25, 0.3) is 0 Å². The first kappa shape index (κ1) is 19.6. The topological polar surface area (TPSA) is 118 Å². The molecule has 0 aliphatic rings. The zero-order chi connectivity index (χ0) is 20.4. The van der Waals surface area contributed by atoms with Crippen molar-refractivity contribution >= 4 is 31.7 Å². The molecule has 3 rings (SSSR count). The van der Waals surface area contributed by atoms with E-state index in [2.05, 4.69) is 19.4 Å². The quantitative estimate of drug-likeness (QED) is 0.625. The van der Waals surface area contributed by atoms with E-state index in [4.69, 9.17) is 0 Å². The predicted octanol–water partition coefficient (Wildman–Crippen LogP) is 2.36. The zero-order valence-corrected chi connectivity index (χ0v) is 15.5. The average Bonchev–Trinajstić information content (AvgIpc) is 2.64. The number of anilines is 2. The largest absolute Gasteiger partial charge is 0.280 e. The molecule has 0 fully saturated rings. The molecule has 1 heterocycles. The van der Waals surface area contributed by atoms with Crippen molar-refractivity contribution in [1.82, 2.24) is 9.97 Å². The van der Waals surface area contributed by atoms with E-state index in [9.17, 15) is 25.6 Å². The Morgan fingerprint density at radius 3 is 2.07 bits per heavy atom. The van der Waals surface area contributed by atoms with Gasteiger partial charge in [-0.2, -0.15) is 0 Å². The van der Waals surface area contributed by atoms with E-state index in [0.29, 0.717) is 12.1 Å². The summed E-state index contributed by atoms with van der Waals surface area (Å²) in [4.78, 5) is 6.44. The Bertz CT molecular complexity index is 1200. The minimum atomic E-state index is -4.41. The van der Waals surface area contributed by atoms with Crippen LogP contribution in [0.5, 0.6) is 0 Å². The van der Waals surface area contributed by atoms with Gasteiger partial charge >= 0.3 is 0 Å². The fourth-order valence-corrected chi connectivity index (χ4v) is 4.23. The van der Waals surface area contributed by atoms with Crippen LogP contribution in [-0.4, -0.2) is 26.8 Å². The van der Waals surface area contributed by atoms with E-state index in [-0.39, 0.29) is 16.5 Å². The lowest BCUT2D eigenvalue weighted by molar-refractivity contribution is 0.555. The molecule has 0 radical (unpaired) electrons. The SMILES string of the molecule is O=S(=O)(Nc1ncccn1)c1ccc(NS(=O)(=O)c2cc(F)ccc2F)cc1. The molecule has 0 aliphatic carbocycles. The van der Waals surface area contributed by atoms with E-state index in [1.165, 1.54) is 18.5 Å². The summed E-state index contributed by atoms with van der Waals surface area (Å²) < 4.78 is 80.2. The monoisotopic (exact) mass is 426 g/mol. The molecule has 0 bridgehead atoms. The highest BCUT2D eigenvalue weighted by Crippen LogP contribution is 2.21. The molecule has 0 saturated heterocycles. The molecule has 2 aromatic carbocycles. The summed E-state index contributed by atoms with van der Waals surface area (Å²) in [6.07, 6.45) is 2.71. The molecular weight excluding hydrogens is 414 g/mol. The van der Waals surface area contributed by atoms with Crippen LogP contribution in [0.4, 0.5) is 20.4 Å². The second kappa shape index (κ2) is 7.48.